The van der Waals surface area contributed by atoms with E-state index in [1.165, 1.54) is 11.3 Å². The fourth-order valence-electron chi connectivity index (χ4n) is 1.15. The van der Waals surface area contributed by atoms with Crippen LogP contribution in [0.3, 0.4) is 0 Å². The number of anilines is 2. The summed E-state index contributed by atoms with van der Waals surface area (Å²) in [5.74, 6) is 0.142. The molecule has 18 heavy (non-hydrogen) atoms. The van der Waals surface area contributed by atoms with Gasteiger partial charge in [0.2, 0.25) is 0 Å². The molecule has 1 atom stereocenters. The van der Waals surface area contributed by atoms with E-state index in [0.29, 0.717) is 10.7 Å². The van der Waals surface area contributed by atoms with Crippen LogP contribution < -0.4 is 16.0 Å². The highest BCUT2D eigenvalue weighted by molar-refractivity contribution is 7.18. The first kappa shape index (κ1) is 14.8. The third-order valence-electron chi connectivity index (χ3n) is 2.88. The molecule has 1 unspecified atom stereocenters. The van der Waals surface area contributed by atoms with Gasteiger partial charge in [0.05, 0.1) is 0 Å². The molecule has 0 spiro atoms. The number of hydrogen-bond donors (Lipinski definition) is 2. The molecular formula is C12H22N4OS. The Labute approximate surface area is 112 Å². The van der Waals surface area contributed by atoms with Crippen LogP contribution in [0.2, 0.25) is 0 Å². The SMILES string of the molecule is CC(NC(=O)c1sc(N(C)C)nc1N)C(C)(C)C. The smallest absolute Gasteiger partial charge is 0.265 e. The summed E-state index contributed by atoms with van der Waals surface area (Å²) < 4.78 is 0. The second kappa shape index (κ2) is 5.14. The van der Waals surface area contributed by atoms with Crippen molar-refractivity contribution in [1.82, 2.24) is 10.3 Å². The van der Waals surface area contributed by atoms with Crippen LogP contribution in [0.25, 0.3) is 0 Å². The predicted molar refractivity (Wildman–Crippen MR) is 77.2 cm³/mol. The van der Waals surface area contributed by atoms with Crippen LogP contribution in [0, 0.1) is 5.41 Å². The number of aromatic nitrogens is 1. The van der Waals surface area contributed by atoms with Crippen LogP contribution in [0.5, 0.6) is 0 Å². The molecule has 3 N–H and O–H groups in total. The van der Waals surface area contributed by atoms with Gasteiger partial charge < -0.3 is 16.0 Å². The van der Waals surface area contributed by atoms with Gasteiger partial charge in [-0.3, -0.25) is 4.79 Å². The Balaban J connectivity index is 2.85. The molecule has 0 aliphatic rings. The molecule has 5 nitrogen and oxygen atoms in total. The summed E-state index contributed by atoms with van der Waals surface area (Å²) in [6.07, 6.45) is 0. The minimum absolute atomic E-state index is 0.0134. The van der Waals surface area contributed by atoms with E-state index < -0.39 is 0 Å². The number of nitrogens with two attached hydrogens (primary N) is 1. The van der Waals surface area contributed by atoms with Crippen molar-refractivity contribution in [2.45, 2.75) is 33.7 Å². The molecule has 6 heteroatoms. The van der Waals surface area contributed by atoms with Gasteiger partial charge in [-0.15, -0.1) is 0 Å². The number of nitrogens with zero attached hydrogens (tertiary/aromatic N) is 2. The Bertz CT molecular complexity index is 434. The number of nitrogens with one attached hydrogen (secondary N) is 1. The average molecular weight is 270 g/mol. The van der Waals surface area contributed by atoms with Crippen LogP contribution in [0.4, 0.5) is 10.9 Å². The van der Waals surface area contributed by atoms with Crippen molar-refractivity contribution in [2.75, 3.05) is 24.7 Å². The Morgan fingerprint density at radius 2 is 2.00 bits per heavy atom. The second-order valence-electron chi connectivity index (χ2n) is 5.67. The van der Waals surface area contributed by atoms with Crippen LogP contribution in [-0.4, -0.2) is 31.0 Å². The van der Waals surface area contributed by atoms with Crippen molar-refractivity contribution in [3.05, 3.63) is 4.88 Å². The lowest BCUT2D eigenvalue weighted by molar-refractivity contribution is 0.0915. The summed E-state index contributed by atoms with van der Waals surface area (Å²) in [6, 6.07) is 0.0642. The molecule has 1 aromatic heterocycles. The van der Waals surface area contributed by atoms with Gasteiger partial charge in [0.15, 0.2) is 5.13 Å². The van der Waals surface area contributed by atoms with Crippen molar-refractivity contribution >= 4 is 28.2 Å². The number of thiazole rings is 1. The molecule has 1 amide bonds. The second-order valence-corrected chi connectivity index (χ2v) is 6.64. The minimum Gasteiger partial charge on any atom is -0.382 e. The fourth-order valence-corrected chi connectivity index (χ4v) is 1.96. The Hall–Kier alpha value is -1.30. The normalized spacial score (nSPS) is 13.2. The van der Waals surface area contributed by atoms with Crippen molar-refractivity contribution in [3.63, 3.8) is 0 Å². The topological polar surface area (TPSA) is 71.2 Å². The highest BCUT2D eigenvalue weighted by Crippen LogP contribution is 2.27. The fraction of sp³-hybridized carbons (Fsp3) is 0.667. The maximum atomic E-state index is 12.1. The Morgan fingerprint density at radius 1 is 1.44 bits per heavy atom. The number of rotatable bonds is 3. The summed E-state index contributed by atoms with van der Waals surface area (Å²) in [5.41, 5.74) is 5.79. The van der Waals surface area contributed by atoms with Crippen molar-refractivity contribution in [1.29, 1.82) is 0 Å². The number of carbonyl (C=O) groups is 1. The third kappa shape index (κ3) is 3.35. The molecule has 1 rings (SSSR count). The number of amides is 1. The lowest BCUT2D eigenvalue weighted by atomic mass is 9.88. The van der Waals surface area contributed by atoms with Gasteiger partial charge in [-0.2, -0.15) is 0 Å². The van der Waals surface area contributed by atoms with E-state index >= 15 is 0 Å². The largest absolute Gasteiger partial charge is 0.382 e. The summed E-state index contributed by atoms with van der Waals surface area (Å²) in [7, 11) is 3.75. The molecule has 0 bridgehead atoms. The van der Waals surface area contributed by atoms with E-state index in [1.54, 1.807) is 0 Å². The van der Waals surface area contributed by atoms with Gasteiger partial charge in [0, 0.05) is 20.1 Å². The van der Waals surface area contributed by atoms with E-state index in [4.69, 9.17) is 5.73 Å². The Morgan fingerprint density at radius 3 is 2.39 bits per heavy atom. The molecule has 102 valence electrons. The predicted octanol–water partition coefficient (Wildman–Crippen LogP) is 1.96. The third-order valence-corrected chi connectivity index (χ3v) is 4.12. The van der Waals surface area contributed by atoms with E-state index in [2.05, 4.69) is 31.1 Å². The number of carbonyl (C=O) groups excluding carboxylic acids is 1. The zero-order valence-corrected chi connectivity index (χ0v) is 12.7. The van der Waals surface area contributed by atoms with Gasteiger partial charge in [-0.25, -0.2) is 4.98 Å². The highest BCUT2D eigenvalue weighted by Gasteiger charge is 2.24. The maximum absolute atomic E-state index is 12.1. The first-order valence-electron chi connectivity index (χ1n) is 5.87. The molecule has 0 saturated heterocycles. The standard InChI is InChI=1S/C12H22N4OS/c1-7(12(2,3)4)14-10(17)8-9(13)15-11(18-8)16(5)6/h7H,13H2,1-6H3,(H,14,17). The van der Waals surface area contributed by atoms with Gasteiger partial charge in [-0.1, -0.05) is 32.1 Å². The van der Waals surface area contributed by atoms with Crippen molar-refractivity contribution in [3.8, 4) is 0 Å². The van der Waals surface area contributed by atoms with E-state index in [0.717, 1.165) is 5.13 Å². The maximum Gasteiger partial charge on any atom is 0.265 e. The quantitative estimate of drug-likeness (QED) is 0.880. The lowest BCUT2D eigenvalue weighted by Crippen LogP contribution is -2.41. The van der Waals surface area contributed by atoms with E-state index in [9.17, 15) is 4.79 Å². The van der Waals surface area contributed by atoms with Crippen molar-refractivity contribution in [2.24, 2.45) is 5.41 Å². The minimum atomic E-state index is -0.152. The summed E-state index contributed by atoms with van der Waals surface area (Å²) in [6.45, 7) is 8.24. The summed E-state index contributed by atoms with van der Waals surface area (Å²) in [4.78, 5) is 18.6. The molecule has 0 aliphatic carbocycles. The molecule has 0 radical (unpaired) electrons. The zero-order chi connectivity index (χ0) is 14.1. The summed E-state index contributed by atoms with van der Waals surface area (Å²) in [5, 5.41) is 3.70. The van der Waals surface area contributed by atoms with Crippen LogP contribution >= 0.6 is 11.3 Å². The van der Waals surface area contributed by atoms with Gasteiger partial charge in [0.25, 0.3) is 5.91 Å². The highest BCUT2D eigenvalue weighted by atomic mass is 32.1. The van der Waals surface area contributed by atoms with Gasteiger partial charge in [0.1, 0.15) is 10.7 Å². The molecule has 0 fully saturated rings. The monoisotopic (exact) mass is 270 g/mol. The van der Waals surface area contributed by atoms with Gasteiger partial charge >= 0.3 is 0 Å². The van der Waals surface area contributed by atoms with Crippen molar-refractivity contribution < 1.29 is 4.79 Å². The number of hydrogen-bond acceptors (Lipinski definition) is 5. The first-order chi connectivity index (χ1) is 8.12. The van der Waals surface area contributed by atoms with E-state index in [-0.39, 0.29) is 17.4 Å². The molecule has 0 aromatic carbocycles. The molecule has 1 heterocycles. The van der Waals surface area contributed by atoms with Gasteiger partial charge in [-0.05, 0) is 12.3 Å². The lowest BCUT2D eigenvalue weighted by Gasteiger charge is -2.27. The van der Waals surface area contributed by atoms with E-state index in [1.807, 2.05) is 25.9 Å². The molecule has 0 saturated carbocycles. The molecule has 0 aliphatic heterocycles. The average Bonchev–Trinajstić information content (AvgIpc) is 2.58. The van der Waals surface area contributed by atoms with Crippen LogP contribution in [0.1, 0.15) is 37.4 Å². The molecule has 1 aromatic rings. The number of nitrogen functional groups attached to an aromatic ring is 1. The van der Waals surface area contributed by atoms with Crippen LogP contribution in [-0.2, 0) is 0 Å². The zero-order valence-electron chi connectivity index (χ0n) is 11.9. The summed E-state index contributed by atoms with van der Waals surface area (Å²) >= 11 is 1.31. The molecular weight excluding hydrogens is 248 g/mol. The first-order valence-corrected chi connectivity index (χ1v) is 6.69. The Kier molecular flexibility index (Phi) is 4.21. The van der Waals surface area contributed by atoms with Crippen LogP contribution in [0.15, 0.2) is 0 Å².